The van der Waals surface area contributed by atoms with E-state index >= 15 is 0 Å². The van der Waals surface area contributed by atoms with Gasteiger partial charge < -0.3 is 32.8 Å². The molecule has 16 heteroatoms. The van der Waals surface area contributed by atoms with Gasteiger partial charge in [0.25, 0.3) is 0 Å². The van der Waals surface area contributed by atoms with Gasteiger partial charge in [0.2, 0.25) is 0 Å². The van der Waals surface area contributed by atoms with Gasteiger partial charge in [0.05, 0.1) is 12.9 Å². The van der Waals surface area contributed by atoms with E-state index in [1.54, 1.807) is 12.7 Å². The fourth-order valence-corrected chi connectivity index (χ4v) is 10.7. The minimum Gasteiger partial charge on any atom is -0.459 e. The summed E-state index contributed by atoms with van der Waals surface area (Å²) in [7, 11) is -6.95. The van der Waals surface area contributed by atoms with Gasteiger partial charge in [-0.2, -0.15) is 0 Å². The van der Waals surface area contributed by atoms with Gasteiger partial charge in [-0.3, -0.25) is 4.57 Å². The van der Waals surface area contributed by atoms with Crippen LogP contribution in [0, 0.1) is 0 Å². The average molecular weight is 982 g/mol. The Morgan fingerprint density at radius 1 is 0.662 bits per heavy atom. The highest BCUT2D eigenvalue weighted by Crippen LogP contribution is 2.47. The molecule has 368 valence electrons. The SMILES string of the molecule is CC(C)(C)[Si](C)(C)OC[C@H]1O[C@@H](n2cnc3c(-c4ccc(C[C@@H](NC(=O)OCc5ccccc5)C(=O)OCc5ccccc5)cc4)ncnc32)[C@H](O[Si](C)(C)C(C)(C)C)[C@@H]1O[Si](C)(C)C(C)(C)C. The second-order valence-electron chi connectivity index (χ2n) is 22.6. The lowest BCUT2D eigenvalue weighted by Gasteiger charge is -2.44. The third kappa shape index (κ3) is 12.6. The van der Waals surface area contributed by atoms with E-state index in [1.165, 1.54) is 0 Å². The van der Waals surface area contributed by atoms with Crippen molar-refractivity contribution < 1.29 is 37.1 Å². The lowest BCUT2D eigenvalue weighted by molar-refractivity contribution is -0.147. The van der Waals surface area contributed by atoms with Crippen LogP contribution in [0.25, 0.3) is 22.4 Å². The number of hydrogen-bond donors (Lipinski definition) is 1. The number of nitrogens with one attached hydrogen (secondary N) is 1. The van der Waals surface area contributed by atoms with Crippen LogP contribution in [0.2, 0.25) is 54.4 Å². The molecular weight excluding hydrogens is 907 g/mol. The predicted molar refractivity (Wildman–Crippen MR) is 275 cm³/mol. The van der Waals surface area contributed by atoms with Crippen molar-refractivity contribution in [3.63, 3.8) is 0 Å². The Labute approximate surface area is 407 Å². The van der Waals surface area contributed by atoms with Gasteiger partial charge in [-0.05, 0) is 71.1 Å². The van der Waals surface area contributed by atoms with Crippen molar-refractivity contribution in [2.24, 2.45) is 0 Å². The van der Waals surface area contributed by atoms with Gasteiger partial charge in [0.15, 0.2) is 36.8 Å². The third-order valence-electron chi connectivity index (χ3n) is 14.5. The van der Waals surface area contributed by atoms with Crippen molar-refractivity contribution in [1.29, 1.82) is 0 Å². The summed E-state index contributed by atoms with van der Waals surface area (Å²) in [5.74, 6) is -0.576. The Morgan fingerprint density at radius 2 is 1.19 bits per heavy atom. The van der Waals surface area contributed by atoms with Crippen LogP contribution in [0.15, 0.2) is 97.6 Å². The fraction of sp³-hybridized carbons (Fsp3) is 0.519. The third-order valence-corrected chi connectivity index (χ3v) is 27.9. The Hall–Kier alpha value is -4.56. The van der Waals surface area contributed by atoms with Gasteiger partial charge in [-0.25, -0.2) is 24.5 Å². The number of aromatic nitrogens is 4. The number of fused-ring (bicyclic) bond motifs is 1. The van der Waals surface area contributed by atoms with Crippen LogP contribution in [0.1, 0.15) is 85.2 Å². The summed E-state index contributed by atoms with van der Waals surface area (Å²) in [6.07, 6.45) is 0.843. The van der Waals surface area contributed by atoms with Crippen LogP contribution >= 0.6 is 0 Å². The molecule has 0 bridgehead atoms. The molecule has 0 spiro atoms. The van der Waals surface area contributed by atoms with E-state index in [4.69, 9.17) is 42.4 Å². The number of carbonyl (C=O) groups excluding carboxylic acids is 2. The monoisotopic (exact) mass is 981 g/mol. The summed E-state index contributed by atoms with van der Waals surface area (Å²) in [6, 6.07) is 25.5. The molecule has 6 rings (SSSR count). The number of carbonyl (C=O) groups is 2. The zero-order chi connectivity index (χ0) is 49.9. The highest BCUT2D eigenvalue weighted by Gasteiger charge is 2.55. The van der Waals surface area contributed by atoms with Gasteiger partial charge in [0.1, 0.15) is 55.1 Å². The standard InChI is InChI=1S/C52H75N5O8Si3/c1-50(2,3)66(10,11)62-33-41-44(64-67(12,13)51(4,5)6)45(65-68(14,15)52(7,8)9)47(63-41)57-35-55-43-42(53-34-54-46(43)57)39-28-26-36(27-29-39)30-40(48(58)60-31-37-22-18-16-19-23-37)56-49(59)61-32-38-24-20-17-21-25-38/h16-29,34-35,40-41,44-45,47H,30-33H2,1-15H3,(H,56,59)/t40-,41-,44-,45-,47-/m1/s1. The van der Waals surface area contributed by atoms with Crippen LogP contribution in [0.4, 0.5) is 4.79 Å². The summed E-state index contributed by atoms with van der Waals surface area (Å²) in [6.45, 7) is 34.4. The smallest absolute Gasteiger partial charge is 0.408 e. The van der Waals surface area contributed by atoms with Crippen LogP contribution in [-0.4, -0.2) is 87.5 Å². The van der Waals surface area contributed by atoms with Gasteiger partial charge in [-0.15, -0.1) is 0 Å². The number of hydrogen-bond acceptors (Lipinski definition) is 11. The van der Waals surface area contributed by atoms with Gasteiger partial charge in [0, 0.05) is 12.0 Å². The average Bonchev–Trinajstić information content (AvgIpc) is 3.84. The first-order chi connectivity index (χ1) is 31.7. The van der Waals surface area contributed by atoms with E-state index in [0.717, 1.165) is 22.3 Å². The molecule has 0 aliphatic carbocycles. The second-order valence-corrected chi connectivity index (χ2v) is 36.9. The molecule has 3 aromatic carbocycles. The predicted octanol–water partition coefficient (Wildman–Crippen LogP) is 11.8. The molecule has 1 fully saturated rings. The van der Waals surface area contributed by atoms with Crippen molar-refractivity contribution >= 4 is 48.2 Å². The number of ether oxygens (including phenoxy) is 3. The minimum atomic E-state index is -2.41. The summed E-state index contributed by atoms with van der Waals surface area (Å²) in [4.78, 5) is 41.1. The fourth-order valence-electron chi connectivity index (χ4n) is 7.09. The number of rotatable bonds is 17. The molecule has 1 saturated heterocycles. The molecule has 68 heavy (non-hydrogen) atoms. The maximum Gasteiger partial charge on any atom is 0.408 e. The van der Waals surface area contributed by atoms with Gasteiger partial charge in [-0.1, -0.05) is 147 Å². The van der Waals surface area contributed by atoms with E-state index in [2.05, 4.69) is 107 Å². The minimum absolute atomic E-state index is 0.00744. The van der Waals surface area contributed by atoms with E-state index in [0.29, 0.717) is 23.5 Å². The van der Waals surface area contributed by atoms with Crippen LogP contribution in [-0.2, 0) is 51.9 Å². The maximum absolute atomic E-state index is 13.5. The zero-order valence-corrected chi connectivity index (χ0v) is 46.0. The highest BCUT2D eigenvalue weighted by atomic mass is 28.4. The first kappa shape index (κ1) is 52.8. The molecule has 0 radical (unpaired) electrons. The van der Waals surface area contributed by atoms with Gasteiger partial charge >= 0.3 is 12.1 Å². The van der Waals surface area contributed by atoms with Crippen LogP contribution < -0.4 is 5.32 Å². The molecule has 1 aliphatic rings. The Morgan fingerprint density at radius 3 is 1.74 bits per heavy atom. The van der Waals surface area contributed by atoms with E-state index in [9.17, 15) is 9.59 Å². The number of esters is 1. The van der Waals surface area contributed by atoms with E-state index in [1.807, 2.05) is 89.5 Å². The molecule has 1 amide bonds. The first-order valence-electron chi connectivity index (χ1n) is 23.8. The van der Waals surface area contributed by atoms with Crippen molar-refractivity contribution in [2.75, 3.05) is 6.61 Å². The molecule has 0 unspecified atom stereocenters. The molecule has 5 aromatic rings. The molecule has 0 saturated carbocycles. The lowest BCUT2D eigenvalue weighted by atomic mass is 10.0. The number of nitrogens with zero attached hydrogens (tertiary/aromatic N) is 4. The molecule has 5 atom stereocenters. The number of benzene rings is 3. The molecule has 3 heterocycles. The topological polar surface area (TPSA) is 145 Å². The highest BCUT2D eigenvalue weighted by molar-refractivity contribution is 6.75. The van der Waals surface area contributed by atoms with E-state index in [-0.39, 0.29) is 34.7 Å². The van der Waals surface area contributed by atoms with Crippen LogP contribution in [0.3, 0.4) is 0 Å². The Balaban J connectivity index is 1.30. The number of amides is 1. The van der Waals surface area contributed by atoms with Crippen LogP contribution in [0.5, 0.6) is 0 Å². The molecule has 13 nitrogen and oxygen atoms in total. The Kier molecular flexibility index (Phi) is 16.2. The number of alkyl carbamates (subject to hydrolysis) is 1. The summed E-state index contributed by atoms with van der Waals surface area (Å²) in [5, 5.41) is 2.60. The molecule has 1 aliphatic heterocycles. The van der Waals surface area contributed by atoms with Crippen molar-refractivity contribution in [2.45, 2.75) is 167 Å². The maximum atomic E-state index is 13.5. The zero-order valence-electron chi connectivity index (χ0n) is 43.0. The van der Waals surface area contributed by atoms with Crippen molar-refractivity contribution in [3.8, 4) is 11.3 Å². The number of imidazole rings is 1. The largest absolute Gasteiger partial charge is 0.459 e. The molecular formula is C52H75N5O8Si3. The lowest BCUT2D eigenvalue weighted by Crippen LogP contribution is -2.54. The Bertz CT molecular complexity index is 2460. The quantitative estimate of drug-likeness (QED) is 0.0702. The van der Waals surface area contributed by atoms with Crippen molar-refractivity contribution in [1.82, 2.24) is 24.8 Å². The summed E-state index contributed by atoms with van der Waals surface area (Å²) in [5.41, 5.74) is 5.09. The molecule has 1 N–H and O–H groups in total. The summed E-state index contributed by atoms with van der Waals surface area (Å²) < 4.78 is 42.1. The van der Waals surface area contributed by atoms with Crippen molar-refractivity contribution in [3.05, 3.63) is 114 Å². The molecule has 2 aromatic heterocycles. The first-order valence-corrected chi connectivity index (χ1v) is 32.5. The summed E-state index contributed by atoms with van der Waals surface area (Å²) >= 11 is 0. The normalized spacial score (nSPS) is 18.9. The second kappa shape index (κ2) is 20.8. The van der Waals surface area contributed by atoms with E-state index < -0.39 is 67.6 Å².